The van der Waals surface area contributed by atoms with Crippen molar-refractivity contribution < 1.29 is 14.1 Å². The van der Waals surface area contributed by atoms with Crippen LogP contribution < -0.4 is 15.2 Å². The Labute approximate surface area is 137 Å². The van der Waals surface area contributed by atoms with E-state index in [-0.39, 0.29) is 29.7 Å². The van der Waals surface area contributed by atoms with Crippen LogP contribution in [-0.4, -0.2) is 28.7 Å². The standard InChI is InChI=1S/C16H16FN3O4/c1-11-9-18(14-4-2-12(17)8-15(14)24-11)6-7-19-10-13(20(22)23)3-5-16(19)21/h2-5,8,10-11H,6-7,9H2,1H3/t11-/m0/s1. The third kappa shape index (κ3) is 3.22. The predicted molar refractivity (Wildman–Crippen MR) is 86.1 cm³/mol. The number of hydrogen-bond donors (Lipinski definition) is 0. The zero-order valence-electron chi connectivity index (χ0n) is 13.0. The van der Waals surface area contributed by atoms with Gasteiger partial charge in [0.05, 0.1) is 23.4 Å². The SMILES string of the molecule is C[C@H]1CN(CCn2cc([N+](=O)[O-])ccc2=O)c2ccc(F)cc2O1. The molecule has 1 aromatic heterocycles. The van der Waals surface area contributed by atoms with E-state index in [0.29, 0.717) is 18.8 Å². The van der Waals surface area contributed by atoms with Gasteiger partial charge in [0, 0.05) is 31.3 Å². The minimum absolute atomic E-state index is 0.124. The lowest BCUT2D eigenvalue weighted by Gasteiger charge is -2.35. The molecule has 0 amide bonds. The summed E-state index contributed by atoms with van der Waals surface area (Å²) in [7, 11) is 0. The molecule has 0 saturated carbocycles. The average molecular weight is 333 g/mol. The van der Waals surface area contributed by atoms with Crippen LogP contribution in [0.5, 0.6) is 5.75 Å². The zero-order valence-corrected chi connectivity index (χ0v) is 13.0. The van der Waals surface area contributed by atoms with Crippen molar-refractivity contribution >= 4 is 11.4 Å². The van der Waals surface area contributed by atoms with Crippen LogP contribution >= 0.6 is 0 Å². The monoisotopic (exact) mass is 333 g/mol. The molecule has 0 aliphatic carbocycles. The Morgan fingerprint density at radius 3 is 2.88 bits per heavy atom. The van der Waals surface area contributed by atoms with Gasteiger partial charge in [0.1, 0.15) is 17.7 Å². The third-order valence-corrected chi connectivity index (χ3v) is 3.86. The predicted octanol–water partition coefficient (Wildman–Crippen LogP) is 2.18. The first-order valence-electron chi connectivity index (χ1n) is 7.50. The van der Waals surface area contributed by atoms with E-state index in [4.69, 9.17) is 4.74 Å². The summed E-state index contributed by atoms with van der Waals surface area (Å²) in [6.45, 7) is 3.19. The number of rotatable bonds is 4. The lowest BCUT2D eigenvalue weighted by molar-refractivity contribution is -0.385. The lowest BCUT2D eigenvalue weighted by Crippen LogP contribution is -2.40. The number of nitrogens with zero attached hydrogens (tertiary/aromatic N) is 3. The first kappa shape index (κ1) is 16.0. The van der Waals surface area contributed by atoms with Crippen LogP contribution in [-0.2, 0) is 6.54 Å². The van der Waals surface area contributed by atoms with Crippen LogP contribution in [0.1, 0.15) is 6.92 Å². The number of ether oxygens (including phenoxy) is 1. The Kier molecular flexibility index (Phi) is 4.20. The number of pyridine rings is 1. The minimum atomic E-state index is -0.537. The summed E-state index contributed by atoms with van der Waals surface area (Å²) in [5.74, 6) is 0.0813. The normalized spacial score (nSPS) is 16.4. The van der Waals surface area contributed by atoms with Gasteiger partial charge in [0.15, 0.2) is 0 Å². The molecule has 2 heterocycles. The van der Waals surface area contributed by atoms with Crippen molar-refractivity contribution in [3.05, 3.63) is 62.8 Å². The van der Waals surface area contributed by atoms with Gasteiger partial charge in [0.2, 0.25) is 0 Å². The van der Waals surface area contributed by atoms with Gasteiger partial charge >= 0.3 is 0 Å². The minimum Gasteiger partial charge on any atom is -0.487 e. The molecule has 2 aromatic rings. The van der Waals surface area contributed by atoms with Gasteiger partial charge in [0.25, 0.3) is 11.2 Å². The van der Waals surface area contributed by atoms with Gasteiger partial charge in [-0.2, -0.15) is 0 Å². The highest BCUT2D eigenvalue weighted by molar-refractivity contribution is 5.60. The Hall–Kier alpha value is -2.90. The highest BCUT2D eigenvalue weighted by atomic mass is 19.1. The topological polar surface area (TPSA) is 77.6 Å². The second-order valence-electron chi connectivity index (χ2n) is 5.66. The van der Waals surface area contributed by atoms with E-state index < -0.39 is 4.92 Å². The summed E-state index contributed by atoms with van der Waals surface area (Å²) in [5, 5.41) is 10.8. The fraction of sp³-hybridized carbons (Fsp3) is 0.312. The molecule has 0 fully saturated rings. The smallest absolute Gasteiger partial charge is 0.285 e. The maximum absolute atomic E-state index is 13.4. The molecule has 126 valence electrons. The first-order valence-corrected chi connectivity index (χ1v) is 7.50. The summed E-state index contributed by atoms with van der Waals surface area (Å²) in [6, 6.07) is 6.69. The van der Waals surface area contributed by atoms with Crippen molar-refractivity contribution in [2.45, 2.75) is 19.6 Å². The van der Waals surface area contributed by atoms with Crippen molar-refractivity contribution in [3.63, 3.8) is 0 Å². The van der Waals surface area contributed by atoms with Crippen LogP contribution in [0.2, 0.25) is 0 Å². The number of benzene rings is 1. The Balaban J connectivity index is 1.82. The summed E-state index contributed by atoms with van der Waals surface area (Å²) in [4.78, 5) is 24.1. The van der Waals surface area contributed by atoms with E-state index in [9.17, 15) is 19.3 Å². The molecule has 0 N–H and O–H groups in total. The van der Waals surface area contributed by atoms with E-state index in [1.165, 1.54) is 35.0 Å². The van der Waals surface area contributed by atoms with Crippen LogP contribution in [0.4, 0.5) is 15.8 Å². The number of halogens is 1. The fourth-order valence-electron chi connectivity index (χ4n) is 2.75. The molecule has 0 unspecified atom stereocenters. The van der Waals surface area contributed by atoms with E-state index >= 15 is 0 Å². The second kappa shape index (κ2) is 6.31. The Bertz CT molecular complexity index is 836. The number of fused-ring (bicyclic) bond motifs is 1. The Morgan fingerprint density at radius 2 is 2.12 bits per heavy atom. The number of nitro groups is 1. The number of hydrogen-bond acceptors (Lipinski definition) is 5. The molecule has 1 atom stereocenters. The van der Waals surface area contributed by atoms with Crippen LogP contribution in [0, 0.1) is 15.9 Å². The number of anilines is 1. The fourth-order valence-corrected chi connectivity index (χ4v) is 2.75. The highest BCUT2D eigenvalue weighted by Gasteiger charge is 2.23. The van der Waals surface area contributed by atoms with Crippen LogP contribution in [0.15, 0.2) is 41.3 Å². The summed E-state index contributed by atoms with van der Waals surface area (Å²) < 4.78 is 20.3. The van der Waals surface area contributed by atoms with Gasteiger partial charge in [-0.15, -0.1) is 0 Å². The molecule has 0 saturated heterocycles. The van der Waals surface area contributed by atoms with Crippen molar-refractivity contribution in [2.24, 2.45) is 0 Å². The molecule has 0 bridgehead atoms. The van der Waals surface area contributed by atoms with Crippen LogP contribution in [0.25, 0.3) is 0 Å². The molecule has 7 nitrogen and oxygen atoms in total. The molecule has 0 radical (unpaired) electrons. The maximum atomic E-state index is 13.4. The van der Waals surface area contributed by atoms with Gasteiger partial charge in [-0.25, -0.2) is 4.39 Å². The van der Waals surface area contributed by atoms with Gasteiger partial charge < -0.3 is 14.2 Å². The first-order chi connectivity index (χ1) is 11.4. The number of aromatic nitrogens is 1. The van der Waals surface area contributed by atoms with Crippen molar-refractivity contribution in [1.29, 1.82) is 0 Å². The van der Waals surface area contributed by atoms with Crippen LogP contribution in [0.3, 0.4) is 0 Å². The van der Waals surface area contributed by atoms with Gasteiger partial charge in [-0.05, 0) is 19.1 Å². The zero-order chi connectivity index (χ0) is 17.3. The molecule has 24 heavy (non-hydrogen) atoms. The highest BCUT2D eigenvalue weighted by Crippen LogP contribution is 2.33. The van der Waals surface area contributed by atoms with Gasteiger partial charge in [-0.3, -0.25) is 14.9 Å². The second-order valence-corrected chi connectivity index (χ2v) is 5.66. The van der Waals surface area contributed by atoms with E-state index in [1.807, 2.05) is 11.8 Å². The van der Waals surface area contributed by atoms with E-state index in [1.54, 1.807) is 6.07 Å². The maximum Gasteiger partial charge on any atom is 0.285 e. The third-order valence-electron chi connectivity index (χ3n) is 3.86. The summed E-state index contributed by atoms with van der Waals surface area (Å²) in [5.41, 5.74) is 0.307. The molecule has 1 aromatic carbocycles. The Morgan fingerprint density at radius 1 is 1.33 bits per heavy atom. The van der Waals surface area contributed by atoms with E-state index in [2.05, 4.69) is 0 Å². The lowest BCUT2D eigenvalue weighted by atomic mass is 10.2. The van der Waals surface area contributed by atoms with Crippen molar-refractivity contribution in [3.8, 4) is 5.75 Å². The summed E-state index contributed by atoms with van der Waals surface area (Å²) >= 11 is 0. The van der Waals surface area contributed by atoms with Crippen molar-refractivity contribution in [1.82, 2.24) is 4.57 Å². The molecule has 0 spiro atoms. The summed E-state index contributed by atoms with van der Waals surface area (Å²) in [6.07, 6.45) is 1.11. The molecule has 3 rings (SSSR count). The molecular formula is C16H16FN3O4. The average Bonchev–Trinajstić information content (AvgIpc) is 2.52. The quantitative estimate of drug-likeness (QED) is 0.633. The molecule has 1 aliphatic heterocycles. The van der Waals surface area contributed by atoms with E-state index in [0.717, 1.165) is 5.69 Å². The van der Waals surface area contributed by atoms with Gasteiger partial charge in [-0.1, -0.05) is 0 Å². The molecular weight excluding hydrogens is 317 g/mol. The molecule has 8 heteroatoms. The largest absolute Gasteiger partial charge is 0.487 e. The molecule has 1 aliphatic rings. The van der Waals surface area contributed by atoms with Crippen molar-refractivity contribution in [2.75, 3.05) is 18.0 Å².